The molecule has 5 fully saturated rings. The van der Waals surface area contributed by atoms with Gasteiger partial charge in [0.25, 0.3) is 0 Å². The van der Waals surface area contributed by atoms with E-state index in [1.165, 1.54) is 12.1 Å². The fraction of sp³-hybridized carbons (Fsp3) is 0.841. The highest BCUT2D eigenvalue weighted by Gasteiger charge is 2.32. The van der Waals surface area contributed by atoms with Crippen molar-refractivity contribution in [1.29, 1.82) is 0 Å². The molecule has 16 nitrogen and oxygen atoms in total. The van der Waals surface area contributed by atoms with Crippen molar-refractivity contribution in [1.82, 2.24) is 34.3 Å². The van der Waals surface area contributed by atoms with E-state index in [1.807, 2.05) is 60.5 Å². The van der Waals surface area contributed by atoms with Crippen molar-refractivity contribution in [2.24, 2.45) is 29.6 Å². The monoisotopic (exact) mass is 1220 g/mol. The normalized spacial score (nSPS) is 19.3. The Bertz CT molecular complexity index is 2030. The molecule has 5 aliphatic rings. The summed E-state index contributed by atoms with van der Waals surface area (Å²) >= 11 is 0. The van der Waals surface area contributed by atoms with E-state index in [2.05, 4.69) is 93.7 Å². The van der Waals surface area contributed by atoms with Crippen molar-refractivity contribution in [3.8, 4) is 0 Å². The third kappa shape index (κ3) is 30.0. The van der Waals surface area contributed by atoms with Gasteiger partial charge in [0.15, 0.2) is 11.6 Å². The maximum Gasteiger partial charge on any atom is 0.226 e. The van der Waals surface area contributed by atoms with Gasteiger partial charge in [-0.2, -0.15) is 0 Å². The first-order valence-corrected chi connectivity index (χ1v) is 33.4. The molecule has 498 valence electrons. The van der Waals surface area contributed by atoms with Gasteiger partial charge in [0.2, 0.25) is 11.8 Å². The van der Waals surface area contributed by atoms with E-state index < -0.39 is 0 Å². The lowest BCUT2D eigenvalue weighted by Gasteiger charge is -2.37. The molecule has 5 aliphatic heterocycles. The van der Waals surface area contributed by atoms with Crippen LogP contribution in [0.4, 0.5) is 4.39 Å². The van der Waals surface area contributed by atoms with E-state index in [1.54, 1.807) is 17.0 Å². The molecule has 0 saturated carbocycles. The Balaban J connectivity index is 0.000000369. The topological polar surface area (TPSA) is 167 Å². The van der Waals surface area contributed by atoms with Crippen LogP contribution in [0.2, 0.25) is 0 Å². The first kappa shape index (κ1) is 78.8. The minimum atomic E-state index is -0.224. The summed E-state index contributed by atoms with van der Waals surface area (Å²) in [6.07, 6.45) is 10.3. The largest absolute Gasteiger partial charge is 0.395 e. The summed E-state index contributed by atoms with van der Waals surface area (Å²) < 4.78 is 23.5. The van der Waals surface area contributed by atoms with E-state index in [0.717, 1.165) is 135 Å². The van der Waals surface area contributed by atoms with Crippen molar-refractivity contribution >= 4 is 29.2 Å². The molecule has 0 spiro atoms. The molecule has 0 bridgehead atoms. The van der Waals surface area contributed by atoms with Crippen molar-refractivity contribution in [2.75, 3.05) is 119 Å². The number of benzene rings is 1. The molecule has 0 radical (unpaired) electrons. The van der Waals surface area contributed by atoms with Gasteiger partial charge in [0.1, 0.15) is 24.8 Å². The number of hydrogen-bond acceptors (Lipinski definition) is 14. The molecule has 17 heteroatoms. The number of rotatable bonds is 22. The molecule has 86 heavy (non-hydrogen) atoms. The zero-order valence-corrected chi connectivity index (χ0v) is 57.6. The molecule has 2 amide bonds. The van der Waals surface area contributed by atoms with Crippen LogP contribution in [-0.2, 0) is 33.4 Å². The van der Waals surface area contributed by atoms with Gasteiger partial charge >= 0.3 is 0 Å². The molecule has 5 saturated heterocycles. The Morgan fingerprint density at radius 1 is 0.500 bits per heavy atom. The van der Waals surface area contributed by atoms with Crippen molar-refractivity contribution in [3.05, 3.63) is 35.6 Å². The number of ether oxygens (including phenoxy) is 2. The van der Waals surface area contributed by atoms with Gasteiger partial charge in [0, 0.05) is 92.9 Å². The molecule has 1 aromatic carbocycles. The van der Waals surface area contributed by atoms with E-state index in [-0.39, 0.29) is 103 Å². The molecule has 6 rings (SSSR count). The quantitative estimate of drug-likeness (QED) is 0.105. The molecule has 5 heterocycles. The van der Waals surface area contributed by atoms with Crippen molar-refractivity contribution < 1.29 is 48.0 Å². The number of carbonyl (C=O) groups is 5. The second-order valence-corrected chi connectivity index (χ2v) is 27.8. The summed E-state index contributed by atoms with van der Waals surface area (Å²) in [7, 11) is 3.69. The smallest absolute Gasteiger partial charge is 0.226 e. The van der Waals surface area contributed by atoms with Crippen LogP contribution in [0.25, 0.3) is 0 Å². The third-order valence-electron chi connectivity index (χ3n) is 18.1. The Hall–Kier alpha value is -3.26. The van der Waals surface area contributed by atoms with Crippen LogP contribution in [0, 0.1) is 35.4 Å². The highest BCUT2D eigenvalue weighted by Crippen LogP contribution is 2.28. The minimum Gasteiger partial charge on any atom is -0.395 e. The van der Waals surface area contributed by atoms with Gasteiger partial charge in [0.05, 0.1) is 25.4 Å². The number of Topliss-reactive ketones (excluding diaryl/α,β-unsaturated/α-hetero) is 3. The van der Waals surface area contributed by atoms with Crippen LogP contribution < -0.4 is 0 Å². The van der Waals surface area contributed by atoms with Gasteiger partial charge < -0.3 is 54.0 Å². The number of aliphatic hydroxyl groups is 2. The fourth-order valence-corrected chi connectivity index (χ4v) is 12.0. The Morgan fingerprint density at radius 2 is 0.826 bits per heavy atom. The third-order valence-corrected chi connectivity index (χ3v) is 18.1. The van der Waals surface area contributed by atoms with Crippen LogP contribution in [-0.4, -0.2) is 235 Å². The Kier molecular flexibility index (Phi) is 37.8. The number of nitrogens with zero attached hydrogens (tertiary/aromatic N) is 7. The van der Waals surface area contributed by atoms with Crippen LogP contribution in [0.3, 0.4) is 0 Å². The molecule has 1 aromatic rings. The summed E-state index contributed by atoms with van der Waals surface area (Å²) in [6.45, 7) is 45.6. The van der Waals surface area contributed by atoms with Crippen LogP contribution in [0.5, 0.6) is 0 Å². The Morgan fingerprint density at radius 3 is 1.13 bits per heavy atom. The van der Waals surface area contributed by atoms with Gasteiger partial charge in [-0.05, 0) is 257 Å². The summed E-state index contributed by atoms with van der Waals surface area (Å²) in [5.41, 5.74) is 0.832. The molecule has 2 N–H and O–H groups in total. The second kappa shape index (κ2) is 41.2. The highest BCUT2D eigenvalue weighted by atomic mass is 19.1. The molecular formula is C69H126FN7O9. The summed E-state index contributed by atoms with van der Waals surface area (Å²) in [5, 5.41) is 17.6. The van der Waals surface area contributed by atoms with E-state index >= 15 is 0 Å². The standard InChI is InChI=1S/C18H26FNO.C14H28N2O2.C14H27NO2.C12H23NO3.C11H22N2O/c1-13(2)20-10-8-16(9-11-20)18(21)12-14(3)15-4-6-17(19)7-5-15;1-11(2)15-7-5-13(6-8-15)14(18)16(9-10-17)12(3)4;1-11(2)15-8-6-12(7-9-15)13(16)10-17-14(3,4)5;1-10(2)13-5-3-11(4-6-13)12(15)9-16-8-7-14;1-9(2)13-7-5-10(6-8-13)11(14)12(3)4/h4-7,13-14,16H,8-12H2,1-3H3;11-13,17H,5-10H2,1-4H3;11-12H,6-10H2,1-5H3;10-11,14H,3-9H2,1-2H3;9-10H,5-8H2,1-4H3. The second-order valence-electron chi connectivity index (χ2n) is 27.8. The van der Waals surface area contributed by atoms with Gasteiger partial charge in [-0.15, -0.1) is 0 Å². The molecule has 1 atom stereocenters. The predicted molar refractivity (Wildman–Crippen MR) is 348 cm³/mol. The van der Waals surface area contributed by atoms with E-state index in [9.17, 15) is 28.4 Å². The number of halogens is 1. The van der Waals surface area contributed by atoms with Crippen molar-refractivity contribution in [2.45, 2.75) is 229 Å². The zero-order valence-electron chi connectivity index (χ0n) is 57.6. The van der Waals surface area contributed by atoms with Crippen molar-refractivity contribution in [3.63, 3.8) is 0 Å². The maximum absolute atomic E-state index is 12.9. The molecule has 1 unspecified atom stereocenters. The first-order valence-electron chi connectivity index (χ1n) is 33.4. The van der Waals surface area contributed by atoms with Gasteiger partial charge in [-0.25, -0.2) is 4.39 Å². The first-order chi connectivity index (χ1) is 40.4. The SMILES string of the molecule is CC(C)N1CCC(C(=O)COC(C)(C)C)CC1.CC(C)N1CCC(C(=O)COCCO)CC1.CC(C)N1CCC(C(=O)N(C)C)CC1.CC(C)N1CCC(C(=O)N(CCO)C(C)C)CC1.CC(CC(=O)C1CCN(C(C)C)CC1)c1ccc(F)cc1. The fourth-order valence-electron chi connectivity index (χ4n) is 12.0. The number of hydrogen-bond donors (Lipinski definition) is 2. The minimum absolute atomic E-state index is 0.0148. The van der Waals surface area contributed by atoms with Gasteiger partial charge in [-0.1, -0.05) is 19.1 Å². The lowest BCUT2D eigenvalue weighted by atomic mass is 9.85. The molecular weight excluding hydrogens is 1090 g/mol. The number of amides is 2. The lowest BCUT2D eigenvalue weighted by Crippen LogP contribution is -2.47. The average molecular weight is 1220 g/mol. The Labute approximate surface area is 523 Å². The highest BCUT2D eigenvalue weighted by molar-refractivity contribution is 5.83. The van der Waals surface area contributed by atoms with Crippen LogP contribution in [0.1, 0.15) is 193 Å². The lowest BCUT2D eigenvalue weighted by molar-refractivity contribution is -0.139. The average Bonchev–Trinajstić information content (AvgIpc) is 3.54. The number of piperidine rings is 5. The van der Waals surface area contributed by atoms with Gasteiger partial charge in [-0.3, -0.25) is 24.0 Å². The predicted octanol–water partition coefficient (Wildman–Crippen LogP) is 9.72. The maximum atomic E-state index is 12.9. The summed E-state index contributed by atoms with van der Waals surface area (Å²) in [6, 6.07) is 9.61. The van der Waals surface area contributed by atoms with Crippen LogP contribution in [0.15, 0.2) is 24.3 Å². The zero-order chi connectivity index (χ0) is 64.8. The summed E-state index contributed by atoms with van der Waals surface area (Å²) in [4.78, 5) is 75.9. The molecule has 0 aromatic heterocycles. The van der Waals surface area contributed by atoms with E-state index in [4.69, 9.17) is 19.7 Å². The number of ketones is 3. The van der Waals surface area contributed by atoms with E-state index in [0.29, 0.717) is 54.9 Å². The molecule has 0 aliphatic carbocycles. The number of likely N-dealkylation sites (tertiary alicyclic amines) is 5. The van der Waals surface area contributed by atoms with Crippen LogP contribution >= 0.6 is 0 Å². The number of aliphatic hydroxyl groups excluding tert-OH is 2. The summed E-state index contributed by atoms with van der Waals surface area (Å²) in [5.74, 6) is 2.31. The number of carbonyl (C=O) groups excluding carboxylic acids is 5.